The predicted octanol–water partition coefficient (Wildman–Crippen LogP) is 3.49. The number of rotatable bonds is 3. The number of amides is 1. The molecular formula is C17H17NO2. The second kappa shape index (κ2) is 5.70. The number of benzene rings is 2. The number of carbonyl (C=O) groups is 2. The molecule has 2 rings (SSSR count). The predicted molar refractivity (Wildman–Crippen MR) is 80.1 cm³/mol. The lowest BCUT2D eigenvalue weighted by Crippen LogP contribution is -2.06. The highest BCUT2D eigenvalue weighted by Gasteiger charge is 2.10. The van der Waals surface area contributed by atoms with Crippen LogP contribution in [0.4, 0.5) is 5.69 Å². The van der Waals surface area contributed by atoms with E-state index in [1.54, 1.807) is 24.3 Å². The van der Waals surface area contributed by atoms with Gasteiger partial charge in [-0.15, -0.1) is 0 Å². The monoisotopic (exact) mass is 267 g/mol. The first kappa shape index (κ1) is 14.0. The summed E-state index contributed by atoms with van der Waals surface area (Å²) in [5.74, 6) is -0.135. The third kappa shape index (κ3) is 3.32. The normalized spacial score (nSPS) is 10.2. The summed E-state index contributed by atoms with van der Waals surface area (Å²) >= 11 is 0. The molecule has 1 amide bonds. The Balaban J connectivity index is 2.26. The molecule has 0 unspecified atom stereocenters. The molecule has 3 heteroatoms. The zero-order valence-corrected chi connectivity index (χ0v) is 11.9. The lowest BCUT2D eigenvalue weighted by atomic mass is 9.99. The van der Waals surface area contributed by atoms with Crippen molar-refractivity contribution in [2.75, 3.05) is 5.32 Å². The average Bonchev–Trinajstić information content (AvgIpc) is 2.37. The quantitative estimate of drug-likeness (QED) is 0.865. The fourth-order valence-corrected chi connectivity index (χ4v) is 2.18. The molecule has 0 radical (unpaired) electrons. The van der Waals surface area contributed by atoms with E-state index >= 15 is 0 Å². The highest BCUT2D eigenvalue weighted by atomic mass is 16.1. The Kier molecular flexibility index (Phi) is 3.99. The highest BCUT2D eigenvalue weighted by molar-refractivity contribution is 6.09. The molecule has 0 saturated heterocycles. The van der Waals surface area contributed by atoms with Crippen LogP contribution in [-0.4, -0.2) is 11.7 Å². The van der Waals surface area contributed by atoms with Crippen LogP contribution in [0.15, 0.2) is 42.5 Å². The molecule has 0 heterocycles. The van der Waals surface area contributed by atoms with Crippen molar-refractivity contribution in [3.05, 3.63) is 64.7 Å². The van der Waals surface area contributed by atoms with Gasteiger partial charge in [0.15, 0.2) is 5.78 Å². The zero-order chi connectivity index (χ0) is 14.7. The van der Waals surface area contributed by atoms with E-state index in [2.05, 4.69) is 5.32 Å². The molecule has 2 aromatic rings. The van der Waals surface area contributed by atoms with Gasteiger partial charge in [0, 0.05) is 23.7 Å². The number of ketones is 1. The van der Waals surface area contributed by atoms with Gasteiger partial charge in [-0.05, 0) is 50.2 Å². The Labute approximate surface area is 118 Å². The first-order valence-corrected chi connectivity index (χ1v) is 6.46. The van der Waals surface area contributed by atoms with Crippen molar-refractivity contribution in [1.29, 1.82) is 0 Å². The molecule has 0 aromatic heterocycles. The zero-order valence-electron chi connectivity index (χ0n) is 11.9. The minimum absolute atomic E-state index is 0.00817. The maximum absolute atomic E-state index is 12.4. The van der Waals surface area contributed by atoms with Gasteiger partial charge in [0.1, 0.15) is 0 Å². The van der Waals surface area contributed by atoms with Crippen molar-refractivity contribution < 1.29 is 9.59 Å². The highest BCUT2D eigenvalue weighted by Crippen LogP contribution is 2.16. The maximum Gasteiger partial charge on any atom is 0.221 e. The second-order valence-electron chi connectivity index (χ2n) is 4.96. The van der Waals surface area contributed by atoms with Gasteiger partial charge >= 0.3 is 0 Å². The van der Waals surface area contributed by atoms with Crippen LogP contribution in [0.5, 0.6) is 0 Å². The molecule has 3 nitrogen and oxygen atoms in total. The van der Waals surface area contributed by atoms with Crippen LogP contribution < -0.4 is 5.32 Å². The molecule has 0 aliphatic rings. The van der Waals surface area contributed by atoms with Crippen molar-refractivity contribution in [3.8, 4) is 0 Å². The van der Waals surface area contributed by atoms with Crippen LogP contribution in [0.1, 0.15) is 34.0 Å². The lowest BCUT2D eigenvalue weighted by Gasteiger charge is -2.06. The molecule has 0 aliphatic carbocycles. The number of hydrogen-bond donors (Lipinski definition) is 1. The summed E-state index contributed by atoms with van der Waals surface area (Å²) < 4.78 is 0. The fraction of sp³-hybridized carbons (Fsp3) is 0.176. The minimum Gasteiger partial charge on any atom is -0.326 e. The average molecular weight is 267 g/mol. The summed E-state index contributed by atoms with van der Waals surface area (Å²) in [5.41, 5.74) is 4.14. The summed E-state index contributed by atoms with van der Waals surface area (Å²) in [4.78, 5) is 23.3. The van der Waals surface area contributed by atoms with Gasteiger partial charge in [0.2, 0.25) is 5.91 Å². The summed E-state index contributed by atoms with van der Waals surface area (Å²) in [6.45, 7) is 5.40. The molecule has 0 saturated carbocycles. The first-order chi connectivity index (χ1) is 9.45. The Morgan fingerprint density at radius 2 is 1.40 bits per heavy atom. The Bertz CT molecular complexity index is 637. The van der Waals surface area contributed by atoms with Crippen LogP contribution in [-0.2, 0) is 4.79 Å². The van der Waals surface area contributed by atoms with Gasteiger partial charge in [-0.1, -0.05) is 17.2 Å². The van der Waals surface area contributed by atoms with Crippen molar-refractivity contribution >= 4 is 17.4 Å². The molecular weight excluding hydrogens is 250 g/mol. The number of carbonyl (C=O) groups excluding carboxylic acids is 2. The number of aryl methyl sites for hydroxylation is 2. The van der Waals surface area contributed by atoms with Gasteiger partial charge in [-0.2, -0.15) is 0 Å². The number of anilines is 1. The third-order valence-corrected chi connectivity index (χ3v) is 2.95. The van der Waals surface area contributed by atoms with E-state index in [1.807, 2.05) is 32.0 Å². The smallest absolute Gasteiger partial charge is 0.221 e. The molecule has 0 spiro atoms. The molecule has 2 aromatic carbocycles. The maximum atomic E-state index is 12.4. The minimum atomic E-state index is -0.126. The van der Waals surface area contributed by atoms with Crippen LogP contribution in [0.25, 0.3) is 0 Å². The molecule has 20 heavy (non-hydrogen) atoms. The van der Waals surface area contributed by atoms with Crippen molar-refractivity contribution in [3.63, 3.8) is 0 Å². The Morgan fingerprint density at radius 1 is 0.850 bits per heavy atom. The van der Waals surface area contributed by atoms with Gasteiger partial charge in [-0.3, -0.25) is 9.59 Å². The first-order valence-electron chi connectivity index (χ1n) is 6.46. The van der Waals surface area contributed by atoms with Gasteiger partial charge in [0.25, 0.3) is 0 Å². The van der Waals surface area contributed by atoms with Crippen molar-refractivity contribution in [1.82, 2.24) is 0 Å². The van der Waals surface area contributed by atoms with Crippen LogP contribution >= 0.6 is 0 Å². The van der Waals surface area contributed by atoms with Crippen molar-refractivity contribution in [2.45, 2.75) is 20.8 Å². The summed E-state index contributed by atoms with van der Waals surface area (Å²) in [6.07, 6.45) is 0. The molecule has 0 atom stereocenters. The van der Waals surface area contributed by atoms with Crippen molar-refractivity contribution in [2.24, 2.45) is 0 Å². The Hall–Kier alpha value is -2.42. The molecule has 0 bridgehead atoms. The van der Waals surface area contributed by atoms with E-state index in [0.29, 0.717) is 16.8 Å². The second-order valence-corrected chi connectivity index (χ2v) is 4.96. The molecule has 0 fully saturated rings. The largest absolute Gasteiger partial charge is 0.326 e. The molecule has 0 aliphatic heterocycles. The van der Waals surface area contributed by atoms with E-state index in [-0.39, 0.29) is 11.7 Å². The van der Waals surface area contributed by atoms with E-state index in [9.17, 15) is 9.59 Å². The fourth-order valence-electron chi connectivity index (χ4n) is 2.18. The van der Waals surface area contributed by atoms with E-state index < -0.39 is 0 Å². The van der Waals surface area contributed by atoms with Gasteiger partial charge in [-0.25, -0.2) is 0 Å². The topological polar surface area (TPSA) is 46.2 Å². The number of nitrogens with one attached hydrogen (secondary N) is 1. The summed E-state index contributed by atoms with van der Waals surface area (Å²) in [5, 5.41) is 2.68. The Morgan fingerprint density at radius 3 is 1.90 bits per heavy atom. The van der Waals surface area contributed by atoms with Gasteiger partial charge < -0.3 is 5.32 Å². The molecule has 1 N–H and O–H groups in total. The van der Waals surface area contributed by atoms with Crippen LogP contribution in [0, 0.1) is 13.8 Å². The standard InChI is InChI=1S/C17H17NO2/c1-11-8-12(2)10-15(9-11)17(20)14-4-6-16(7-5-14)18-13(3)19/h4-10H,1-3H3,(H,18,19). The summed E-state index contributed by atoms with van der Waals surface area (Å²) in [6, 6.07) is 12.7. The lowest BCUT2D eigenvalue weighted by molar-refractivity contribution is -0.114. The number of hydrogen-bond acceptors (Lipinski definition) is 2. The van der Waals surface area contributed by atoms with Crippen LogP contribution in [0.2, 0.25) is 0 Å². The van der Waals surface area contributed by atoms with Crippen LogP contribution in [0.3, 0.4) is 0 Å². The SMILES string of the molecule is CC(=O)Nc1ccc(C(=O)c2cc(C)cc(C)c2)cc1. The van der Waals surface area contributed by atoms with E-state index in [4.69, 9.17) is 0 Å². The summed E-state index contributed by atoms with van der Waals surface area (Å²) in [7, 11) is 0. The molecule has 102 valence electrons. The van der Waals surface area contributed by atoms with E-state index in [0.717, 1.165) is 11.1 Å². The van der Waals surface area contributed by atoms with Gasteiger partial charge in [0.05, 0.1) is 0 Å². The third-order valence-electron chi connectivity index (χ3n) is 2.95. The van der Waals surface area contributed by atoms with E-state index in [1.165, 1.54) is 6.92 Å².